The van der Waals surface area contributed by atoms with Crippen LogP contribution in [0.25, 0.3) is 0 Å². The van der Waals surface area contributed by atoms with E-state index in [9.17, 15) is 0 Å². The molecule has 0 aromatic heterocycles. The van der Waals surface area contributed by atoms with E-state index in [-0.39, 0.29) is 0 Å². The van der Waals surface area contributed by atoms with Crippen molar-refractivity contribution < 1.29 is 0 Å². The predicted molar refractivity (Wildman–Crippen MR) is 49.7 cm³/mol. The van der Waals surface area contributed by atoms with Crippen LogP contribution in [-0.4, -0.2) is 5.38 Å². The first kappa shape index (κ1) is 8.94. The van der Waals surface area contributed by atoms with Gasteiger partial charge in [0.1, 0.15) is 0 Å². The third-order valence-corrected chi connectivity index (χ3v) is 3.05. The lowest BCUT2D eigenvalue weighted by Crippen LogP contribution is -2.19. The molecule has 62 valence electrons. The highest BCUT2D eigenvalue weighted by Gasteiger charge is 2.21. The summed E-state index contributed by atoms with van der Waals surface area (Å²) in [6.45, 7) is 0. The molecule has 1 aliphatic carbocycles. The van der Waals surface area contributed by atoms with Gasteiger partial charge < -0.3 is 0 Å². The van der Waals surface area contributed by atoms with Gasteiger partial charge in [-0.3, -0.25) is 0 Å². The first-order valence-corrected chi connectivity index (χ1v) is 4.85. The number of terminal acetylenes is 1. The monoisotopic (exact) mass is 170 g/mol. The van der Waals surface area contributed by atoms with Gasteiger partial charge in [-0.25, -0.2) is 0 Å². The zero-order valence-corrected chi connectivity index (χ0v) is 7.61. The van der Waals surface area contributed by atoms with Crippen molar-refractivity contribution in [3.05, 3.63) is 0 Å². The van der Waals surface area contributed by atoms with Crippen LogP contribution in [-0.2, 0) is 0 Å². The number of halogens is 1. The van der Waals surface area contributed by atoms with Gasteiger partial charge in [-0.2, -0.15) is 0 Å². The van der Waals surface area contributed by atoms with Crippen molar-refractivity contribution in [3.8, 4) is 12.3 Å². The van der Waals surface area contributed by atoms with E-state index in [1.54, 1.807) is 0 Å². The maximum Gasteiger partial charge on any atom is 0.0364 e. The van der Waals surface area contributed by atoms with Crippen LogP contribution in [0.1, 0.15) is 38.5 Å². The molecule has 1 rings (SSSR count). The zero-order valence-electron chi connectivity index (χ0n) is 6.85. The maximum absolute atomic E-state index is 6.15. The summed E-state index contributed by atoms with van der Waals surface area (Å²) in [5.74, 6) is 3.37. The third-order valence-electron chi connectivity index (χ3n) is 2.48. The average molecular weight is 171 g/mol. The fraction of sp³-hybridized carbons (Fsp3) is 0.800. The summed E-state index contributed by atoms with van der Waals surface area (Å²) in [4.78, 5) is 0. The van der Waals surface area contributed by atoms with E-state index < -0.39 is 0 Å². The average Bonchev–Trinajstić information content (AvgIpc) is 2.03. The molecule has 0 radical (unpaired) electrons. The molecule has 1 saturated carbocycles. The molecule has 1 fully saturated rings. The summed E-state index contributed by atoms with van der Waals surface area (Å²) in [6, 6.07) is 0. The lowest BCUT2D eigenvalue weighted by molar-refractivity contribution is 0.349. The van der Waals surface area contributed by atoms with Crippen molar-refractivity contribution >= 4 is 11.6 Å². The topological polar surface area (TPSA) is 0 Å². The van der Waals surface area contributed by atoms with Gasteiger partial charge in [-0.15, -0.1) is 23.9 Å². The molecule has 0 spiro atoms. The van der Waals surface area contributed by atoms with Crippen LogP contribution in [0.5, 0.6) is 0 Å². The molecule has 0 aliphatic heterocycles. The lowest BCUT2D eigenvalue weighted by atomic mass is 9.86. The van der Waals surface area contributed by atoms with E-state index in [0.29, 0.717) is 11.3 Å². The van der Waals surface area contributed by atoms with Gasteiger partial charge in [0, 0.05) is 11.8 Å². The van der Waals surface area contributed by atoms with Gasteiger partial charge in [-0.05, 0) is 25.2 Å². The Labute approximate surface area is 74.3 Å². The van der Waals surface area contributed by atoms with Gasteiger partial charge in [0.2, 0.25) is 0 Å². The van der Waals surface area contributed by atoms with E-state index in [1.807, 2.05) is 0 Å². The normalized spacial score (nSPS) is 31.3. The van der Waals surface area contributed by atoms with Crippen LogP contribution in [0, 0.1) is 18.3 Å². The Bertz CT molecular complexity index is 145. The summed E-state index contributed by atoms with van der Waals surface area (Å²) in [5.41, 5.74) is 0. The molecule has 0 nitrogen and oxygen atoms in total. The molecule has 1 heteroatoms. The summed E-state index contributed by atoms with van der Waals surface area (Å²) in [5, 5.41) is 0.400. The number of hydrogen-bond acceptors (Lipinski definition) is 0. The van der Waals surface area contributed by atoms with Crippen LogP contribution in [0.2, 0.25) is 0 Å². The van der Waals surface area contributed by atoms with Gasteiger partial charge >= 0.3 is 0 Å². The third kappa shape index (κ3) is 2.75. The van der Waals surface area contributed by atoms with Gasteiger partial charge in [0.05, 0.1) is 0 Å². The van der Waals surface area contributed by atoms with Crippen molar-refractivity contribution in [3.63, 3.8) is 0 Å². The number of alkyl halides is 1. The van der Waals surface area contributed by atoms with E-state index in [2.05, 4.69) is 5.92 Å². The van der Waals surface area contributed by atoms with Crippen LogP contribution in [0.15, 0.2) is 0 Å². The van der Waals surface area contributed by atoms with Crippen LogP contribution in [0.4, 0.5) is 0 Å². The molecule has 0 aromatic rings. The second kappa shape index (κ2) is 4.67. The number of rotatable bonds is 2. The first-order valence-electron chi connectivity index (χ1n) is 4.42. The molecule has 2 unspecified atom stereocenters. The minimum Gasteiger partial charge on any atom is -0.123 e. The summed E-state index contributed by atoms with van der Waals surface area (Å²) in [7, 11) is 0. The first-order chi connectivity index (χ1) is 5.34. The smallest absolute Gasteiger partial charge is 0.0364 e. The second-order valence-electron chi connectivity index (χ2n) is 3.30. The molecule has 0 aromatic carbocycles. The summed E-state index contributed by atoms with van der Waals surface area (Å²) < 4.78 is 0. The standard InChI is InChI=1S/C10H15Cl/c1-2-3-6-9-7-4-5-8-10(9)11/h1,9-10H,3-8H2. The predicted octanol–water partition coefficient (Wildman–Crippen LogP) is 3.20. The van der Waals surface area contributed by atoms with Crippen molar-refractivity contribution in [1.29, 1.82) is 0 Å². The van der Waals surface area contributed by atoms with Crippen molar-refractivity contribution in [2.45, 2.75) is 43.9 Å². The van der Waals surface area contributed by atoms with Crippen LogP contribution < -0.4 is 0 Å². The molecule has 1 aliphatic rings. The number of hydrogen-bond donors (Lipinski definition) is 0. The Morgan fingerprint density at radius 3 is 2.73 bits per heavy atom. The van der Waals surface area contributed by atoms with Gasteiger partial charge in [0.15, 0.2) is 0 Å². The SMILES string of the molecule is C#CCCC1CCCCC1Cl. The van der Waals surface area contributed by atoms with E-state index in [1.165, 1.54) is 25.7 Å². The molecular formula is C10H15Cl. The molecule has 0 bridgehead atoms. The summed E-state index contributed by atoms with van der Waals surface area (Å²) in [6.07, 6.45) is 12.4. The Morgan fingerprint density at radius 2 is 2.09 bits per heavy atom. The minimum atomic E-state index is 0.400. The molecule has 11 heavy (non-hydrogen) atoms. The van der Waals surface area contributed by atoms with Crippen molar-refractivity contribution in [1.82, 2.24) is 0 Å². The fourth-order valence-corrected chi connectivity index (χ4v) is 2.16. The largest absolute Gasteiger partial charge is 0.123 e. The van der Waals surface area contributed by atoms with Crippen LogP contribution >= 0.6 is 11.6 Å². The van der Waals surface area contributed by atoms with E-state index in [4.69, 9.17) is 18.0 Å². The highest BCUT2D eigenvalue weighted by Crippen LogP contribution is 2.31. The highest BCUT2D eigenvalue weighted by molar-refractivity contribution is 6.20. The molecular weight excluding hydrogens is 156 g/mol. The Kier molecular flexibility index (Phi) is 3.80. The van der Waals surface area contributed by atoms with Crippen molar-refractivity contribution in [2.75, 3.05) is 0 Å². The Morgan fingerprint density at radius 1 is 1.36 bits per heavy atom. The van der Waals surface area contributed by atoms with Crippen molar-refractivity contribution in [2.24, 2.45) is 5.92 Å². The van der Waals surface area contributed by atoms with E-state index >= 15 is 0 Å². The van der Waals surface area contributed by atoms with E-state index in [0.717, 1.165) is 12.8 Å². The molecule has 0 N–H and O–H groups in total. The highest BCUT2D eigenvalue weighted by atomic mass is 35.5. The molecule has 0 amide bonds. The second-order valence-corrected chi connectivity index (χ2v) is 3.86. The Balaban J connectivity index is 2.25. The lowest BCUT2D eigenvalue weighted by Gasteiger charge is -2.26. The fourth-order valence-electron chi connectivity index (χ4n) is 1.76. The molecule has 2 atom stereocenters. The quantitative estimate of drug-likeness (QED) is 0.441. The van der Waals surface area contributed by atoms with Crippen LogP contribution in [0.3, 0.4) is 0 Å². The minimum absolute atomic E-state index is 0.400. The van der Waals surface area contributed by atoms with Gasteiger partial charge in [-0.1, -0.05) is 12.8 Å². The Hall–Kier alpha value is -0.150. The summed E-state index contributed by atoms with van der Waals surface area (Å²) >= 11 is 6.15. The molecule has 0 saturated heterocycles. The zero-order chi connectivity index (χ0) is 8.10. The van der Waals surface area contributed by atoms with Gasteiger partial charge in [0.25, 0.3) is 0 Å². The maximum atomic E-state index is 6.15. The molecule has 0 heterocycles.